The van der Waals surface area contributed by atoms with E-state index in [1.54, 1.807) is 0 Å². The summed E-state index contributed by atoms with van der Waals surface area (Å²) in [6, 6.07) is 0. The van der Waals surface area contributed by atoms with Crippen molar-refractivity contribution in [3.8, 4) is 0 Å². The number of rotatable bonds is 11. The van der Waals surface area contributed by atoms with Crippen molar-refractivity contribution in [2.75, 3.05) is 6.54 Å². The predicted octanol–water partition coefficient (Wildman–Crippen LogP) is 2.86. The predicted molar refractivity (Wildman–Crippen MR) is 60.4 cm³/mol. The van der Waals surface area contributed by atoms with Crippen LogP contribution in [0, 0.1) is 0 Å². The van der Waals surface area contributed by atoms with E-state index in [4.69, 9.17) is 5.21 Å². The maximum atomic E-state index is 8.46. The largest absolute Gasteiger partial charge is 0.221 e. The monoisotopic (exact) mass is 202 g/mol. The topological polar surface area (TPSA) is 36.8 Å². The number of hydrogen-bond donors (Lipinski definition) is 2. The number of hydroxylamine groups is 1. The minimum Gasteiger partial charge on any atom is -0.221 e. The van der Waals surface area contributed by atoms with Crippen LogP contribution in [0.25, 0.3) is 0 Å². The van der Waals surface area contributed by atoms with Gasteiger partial charge in [0.25, 0.3) is 0 Å². The molecule has 0 unspecified atom stereocenters. The maximum absolute atomic E-state index is 8.46. The molecule has 0 saturated carbocycles. The molecule has 0 bridgehead atoms. The molecule has 0 heterocycles. The molecular weight excluding hydrogens is 174 g/mol. The fourth-order valence-electron chi connectivity index (χ4n) is 1.72. The maximum Gasteiger partial charge on any atom is 0.105 e. The molecule has 0 aliphatic carbocycles. The zero-order chi connectivity index (χ0) is 10.5. The first-order valence-corrected chi connectivity index (χ1v) is 6.37. The van der Waals surface area contributed by atoms with E-state index in [0.29, 0.717) is 0 Å². The van der Waals surface area contributed by atoms with Gasteiger partial charge in [0.2, 0.25) is 0 Å². The second kappa shape index (κ2) is 12.9. The first-order valence-electron chi connectivity index (χ1n) is 6.37. The highest BCUT2D eigenvalue weighted by atomic mass is 16.5. The third kappa shape index (κ3) is 11.9. The quantitative estimate of drug-likeness (QED) is 0.392. The summed E-state index contributed by atoms with van der Waals surface area (Å²) in [6.07, 6.45) is 13.6. The Kier molecular flexibility index (Phi) is 12.8. The van der Waals surface area contributed by atoms with Crippen LogP contribution < -0.4 is 5.48 Å². The summed E-state index contributed by atoms with van der Waals surface area (Å²) in [7, 11) is 0. The normalized spacial score (nSPS) is 10.7. The van der Waals surface area contributed by atoms with Gasteiger partial charge in [-0.25, -0.2) is 10.7 Å². The molecule has 0 atom stereocenters. The lowest BCUT2D eigenvalue weighted by Gasteiger charge is -2.00. The minimum atomic E-state index is 0.872. The van der Waals surface area contributed by atoms with Crippen LogP contribution >= 0.6 is 0 Å². The standard InChI is InChI=1S/C12H27NO/c1-2-3-4-5-6-7-8-9-10-11-12-13-14/h13-14H,2-12H2,1H3/p+1. The van der Waals surface area contributed by atoms with E-state index in [1.165, 1.54) is 63.3 Å². The van der Waals surface area contributed by atoms with Crippen molar-refractivity contribution in [2.45, 2.75) is 71.1 Å². The van der Waals surface area contributed by atoms with Gasteiger partial charge in [-0.1, -0.05) is 58.3 Å². The van der Waals surface area contributed by atoms with Crippen molar-refractivity contribution in [1.29, 1.82) is 0 Å². The molecule has 0 spiro atoms. The summed E-state index contributed by atoms with van der Waals surface area (Å²) in [5, 5.41) is 8.46. The highest BCUT2D eigenvalue weighted by Crippen LogP contribution is 2.09. The molecule has 3 N–H and O–H groups in total. The second-order valence-electron chi connectivity index (χ2n) is 4.15. The van der Waals surface area contributed by atoms with Gasteiger partial charge in [-0.2, -0.15) is 0 Å². The molecule has 86 valence electrons. The molecule has 0 rings (SSSR count). The molecule has 0 saturated heterocycles. The van der Waals surface area contributed by atoms with Gasteiger partial charge in [0.05, 0.1) is 0 Å². The zero-order valence-corrected chi connectivity index (χ0v) is 9.80. The fraction of sp³-hybridized carbons (Fsp3) is 1.00. The fourth-order valence-corrected chi connectivity index (χ4v) is 1.72. The summed E-state index contributed by atoms with van der Waals surface area (Å²) >= 11 is 0. The van der Waals surface area contributed by atoms with Gasteiger partial charge < -0.3 is 0 Å². The summed E-state index contributed by atoms with van der Waals surface area (Å²) in [5.41, 5.74) is 1.28. The molecule has 0 aliphatic heterocycles. The van der Waals surface area contributed by atoms with Crippen LogP contribution in [-0.2, 0) is 0 Å². The minimum absolute atomic E-state index is 0.872. The van der Waals surface area contributed by atoms with Gasteiger partial charge >= 0.3 is 0 Å². The molecule has 0 radical (unpaired) electrons. The van der Waals surface area contributed by atoms with E-state index in [9.17, 15) is 0 Å². The molecular formula is C12H28NO+. The highest BCUT2D eigenvalue weighted by molar-refractivity contribution is 4.46. The van der Waals surface area contributed by atoms with Crippen LogP contribution in [0.1, 0.15) is 71.1 Å². The Labute approximate surface area is 89.1 Å². The van der Waals surface area contributed by atoms with Crippen molar-refractivity contribution >= 4 is 0 Å². The van der Waals surface area contributed by atoms with Gasteiger partial charge in [-0.3, -0.25) is 0 Å². The smallest absolute Gasteiger partial charge is 0.105 e. The van der Waals surface area contributed by atoms with Gasteiger partial charge in [-0.05, 0) is 12.8 Å². The molecule has 14 heavy (non-hydrogen) atoms. The molecule has 0 aromatic carbocycles. The number of nitrogens with two attached hydrogens (primary N) is 1. The van der Waals surface area contributed by atoms with Crippen molar-refractivity contribution in [1.82, 2.24) is 0 Å². The summed E-state index contributed by atoms with van der Waals surface area (Å²) < 4.78 is 0. The molecule has 0 aliphatic rings. The Morgan fingerprint density at radius 1 is 0.714 bits per heavy atom. The third-order valence-electron chi connectivity index (χ3n) is 2.69. The molecule has 2 heteroatoms. The summed E-state index contributed by atoms with van der Waals surface area (Å²) in [4.78, 5) is 0. The second-order valence-corrected chi connectivity index (χ2v) is 4.15. The lowest BCUT2D eigenvalue weighted by atomic mass is 10.1. The zero-order valence-electron chi connectivity index (χ0n) is 9.80. The van der Waals surface area contributed by atoms with Crippen LogP contribution in [0.2, 0.25) is 0 Å². The lowest BCUT2D eigenvalue weighted by Crippen LogP contribution is -2.80. The van der Waals surface area contributed by atoms with Gasteiger partial charge in [0.1, 0.15) is 6.54 Å². The van der Waals surface area contributed by atoms with Crippen LogP contribution in [0.4, 0.5) is 0 Å². The summed E-state index contributed by atoms with van der Waals surface area (Å²) in [6.45, 7) is 3.13. The number of quaternary nitrogens is 1. The van der Waals surface area contributed by atoms with Gasteiger partial charge in [-0.15, -0.1) is 0 Å². The Morgan fingerprint density at radius 3 is 1.57 bits per heavy atom. The van der Waals surface area contributed by atoms with Gasteiger partial charge in [0, 0.05) is 0 Å². The SMILES string of the molecule is CCCCCCCCCCCC[NH2+]O. The van der Waals surface area contributed by atoms with E-state index in [1.807, 2.05) is 0 Å². The van der Waals surface area contributed by atoms with Crippen molar-refractivity contribution in [3.05, 3.63) is 0 Å². The first kappa shape index (κ1) is 13.9. The Balaban J connectivity index is 2.78. The van der Waals surface area contributed by atoms with E-state index in [0.717, 1.165) is 13.0 Å². The van der Waals surface area contributed by atoms with Crippen molar-refractivity contribution in [3.63, 3.8) is 0 Å². The first-order chi connectivity index (χ1) is 6.91. The molecule has 2 nitrogen and oxygen atoms in total. The average Bonchev–Trinajstić information content (AvgIpc) is 2.21. The number of unbranched alkanes of at least 4 members (excludes halogenated alkanes) is 9. The van der Waals surface area contributed by atoms with E-state index in [-0.39, 0.29) is 0 Å². The van der Waals surface area contributed by atoms with Gasteiger partial charge in [0.15, 0.2) is 0 Å². The molecule has 0 aromatic heterocycles. The Hall–Kier alpha value is -0.0800. The van der Waals surface area contributed by atoms with E-state index >= 15 is 0 Å². The molecule has 0 amide bonds. The van der Waals surface area contributed by atoms with Crippen molar-refractivity contribution in [2.24, 2.45) is 0 Å². The van der Waals surface area contributed by atoms with Crippen molar-refractivity contribution < 1.29 is 10.7 Å². The summed E-state index contributed by atoms with van der Waals surface area (Å²) in [5.74, 6) is 0. The lowest BCUT2D eigenvalue weighted by molar-refractivity contribution is -0.886. The highest BCUT2D eigenvalue weighted by Gasteiger charge is 1.92. The Morgan fingerprint density at radius 2 is 1.14 bits per heavy atom. The Bertz CT molecular complexity index is 84.3. The van der Waals surface area contributed by atoms with E-state index < -0.39 is 0 Å². The molecule has 0 aromatic rings. The molecule has 0 fully saturated rings. The average molecular weight is 202 g/mol. The third-order valence-corrected chi connectivity index (χ3v) is 2.69. The van der Waals surface area contributed by atoms with Crippen LogP contribution in [0.5, 0.6) is 0 Å². The van der Waals surface area contributed by atoms with E-state index in [2.05, 4.69) is 6.92 Å². The van der Waals surface area contributed by atoms with Crippen LogP contribution in [0.15, 0.2) is 0 Å². The van der Waals surface area contributed by atoms with Crippen LogP contribution in [-0.4, -0.2) is 11.8 Å². The van der Waals surface area contributed by atoms with Crippen LogP contribution in [0.3, 0.4) is 0 Å². The number of hydrogen-bond acceptors (Lipinski definition) is 1.